The summed E-state index contributed by atoms with van der Waals surface area (Å²) in [6.45, 7) is 2.23. The summed E-state index contributed by atoms with van der Waals surface area (Å²) >= 11 is 5.87. The van der Waals surface area contributed by atoms with Gasteiger partial charge in [-0.2, -0.15) is 0 Å². The third-order valence-electron chi connectivity index (χ3n) is 3.07. The third-order valence-corrected chi connectivity index (χ3v) is 3.32. The van der Waals surface area contributed by atoms with Crippen LogP contribution in [0.5, 0.6) is 0 Å². The average molecular weight is 263 g/mol. The molecule has 0 bridgehead atoms. The summed E-state index contributed by atoms with van der Waals surface area (Å²) in [5.41, 5.74) is 1.08. The van der Waals surface area contributed by atoms with E-state index < -0.39 is 0 Å². The van der Waals surface area contributed by atoms with Crippen LogP contribution in [0.4, 0.5) is 0 Å². The fourth-order valence-corrected chi connectivity index (χ4v) is 2.13. The van der Waals surface area contributed by atoms with Crippen molar-refractivity contribution in [3.8, 4) is 11.3 Å². The van der Waals surface area contributed by atoms with Crippen LogP contribution in [-0.4, -0.2) is 0 Å². The number of benzene rings is 1. The van der Waals surface area contributed by atoms with E-state index in [9.17, 15) is 0 Å². The van der Waals surface area contributed by atoms with Crippen molar-refractivity contribution in [3.63, 3.8) is 0 Å². The van der Waals surface area contributed by atoms with Gasteiger partial charge in [0.15, 0.2) is 0 Å². The second-order valence-electron chi connectivity index (χ2n) is 4.58. The molecule has 0 N–H and O–H groups in total. The highest BCUT2D eigenvalue weighted by Gasteiger charge is 2.04. The predicted molar refractivity (Wildman–Crippen MR) is 77.0 cm³/mol. The van der Waals surface area contributed by atoms with Gasteiger partial charge in [-0.3, -0.25) is 0 Å². The lowest BCUT2D eigenvalue weighted by Gasteiger charge is -1.99. The molecule has 0 saturated heterocycles. The summed E-state index contributed by atoms with van der Waals surface area (Å²) in [6, 6.07) is 11.9. The first-order valence-corrected chi connectivity index (χ1v) is 7.02. The van der Waals surface area contributed by atoms with E-state index >= 15 is 0 Å². The van der Waals surface area contributed by atoms with E-state index in [0.717, 1.165) is 28.5 Å². The number of hydrogen-bond donors (Lipinski definition) is 0. The standard InChI is InChI=1S/C16H19ClO/c1-2-3-4-5-6-15-11-12-16(18-15)13-7-9-14(17)10-8-13/h7-12H,2-6H2,1H3. The van der Waals surface area contributed by atoms with Gasteiger partial charge in [0.25, 0.3) is 0 Å². The number of rotatable bonds is 6. The van der Waals surface area contributed by atoms with Crippen LogP contribution in [0, 0.1) is 0 Å². The van der Waals surface area contributed by atoms with Gasteiger partial charge >= 0.3 is 0 Å². The van der Waals surface area contributed by atoms with Gasteiger partial charge in [0, 0.05) is 17.0 Å². The van der Waals surface area contributed by atoms with Crippen molar-refractivity contribution in [1.29, 1.82) is 0 Å². The molecule has 0 fully saturated rings. The SMILES string of the molecule is CCCCCCc1ccc(-c2ccc(Cl)cc2)o1. The molecule has 2 heteroatoms. The minimum Gasteiger partial charge on any atom is -0.461 e. The number of aryl methyl sites for hydroxylation is 1. The molecule has 1 heterocycles. The smallest absolute Gasteiger partial charge is 0.134 e. The van der Waals surface area contributed by atoms with Gasteiger partial charge < -0.3 is 4.42 Å². The Morgan fingerprint density at radius 2 is 1.72 bits per heavy atom. The van der Waals surface area contributed by atoms with Crippen molar-refractivity contribution in [3.05, 3.63) is 47.2 Å². The highest BCUT2D eigenvalue weighted by Crippen LogP contribution is 2.24. The molecule has 1 aromatic heterocycles. The Hall–Kier alpha value is -1.21. The molecule has 0 aliphatic carbocycles. The zero-order chi connectivity index (χ0) is 12.8. The number of halogens is 1. The summed E-state index contributed by atoms with van der Waals surface area (Å²) in [7, 11) is 0. The van der Waals surface area contributed by atoms with Crippen LogP contribution in [-0.2, 0) is 6.42 Å². The number of hydrogen-bond acceptors (Lipinski definition) is 1. The first-order chi connectivity index (χ1) is 8.79. The van der Waals surface area contributed by atoms with E-state index in [-0.39, 0.29) is 0 Å². The van der Waals surface area contributed by atoms with E-state index in [1.54, 1.807) is 0 Å². The molecule has 0 radical (unpaired) electrons. The van der Waals surface area contributed by atoms with Crippen LogP contribution in [0.15, 0.2) is 40.8 Å². The Labute approximate surface area is 114 Å². The molecule has 0 aliphatic heterocycles. The van der Waals surface area contributed by atoms with Crippen LogP contribution in [0.1, 0.15) is 38.4 Å². The molecule has 0 saturated carbocycles. The number of furan rings is 1. The zero-order valence-electron chi connectivity index (χ0n) is 10.8. The largest absolute Gasteiger partial charge is 0.461 e. The lowest BCUT2D eigenvalue weighted by atomic mass is 10.1. The topological polar surface area (TPSA) is 13.1 Å². The summed E-state index contributed by atoms with van der Waals surface area (Å²) in [5, 5.41) is 0.755. The Kier molecular flexibility index (Phi) is 4.89. The molecule has 0 amide bonds. The highest BCUT2D eigenvalue weighted by atomic mass is 35.5. The van der Waals surface area contributed by atoms with Crippen molar-refractivity contribution >= 4 is 11.6 Å². The van der Waals surface area contributed by atoms with Crippen molar-refractivity contribution in [2.45, 2.75) is 39.0 Å². The second kappa shape index (κ2) is 6.65. The van der Waals surface area contributed by atoms with Crippen LogP contribution in [0.25, 0.3) is 11.3 Å². The molecule has 2 rings (SSSR count). The van der Waals surface area contributed by atoms with E-state index in [0.29, 0.717) is 0 Å². The summed E-state index contributed by atoms with van der Waals surface area (Å²) in [4.78, 5) is 0. The first-order valence-electron chi connectivity index (χ1n) is 6.64. The molecular weight excluding hydrogens is 244 g/mol. The fourth-order valence-electron chi connectivity index (χ4n) is 2.01. The number of unbranched alkanes of at least 4 members (excludes halogenated alkanes) is 3. The van der Waals surface area contributed by atoms with Crippen LogP contribution < -0.4 is 0 Å². The van der Waals surface area contributed by atoms with Gasteiger partial charge in [0.2, 0.25) is 0 Å². The third kappa shape index (κ3) is 3.64. The van der Waals surface area contributed by atoms with Crippen LogP contribution >= 0.6 is 11.6 Å². The van der Waals surface area contributed by atoms with Crippen molar-refractivity contribution in [2.24, 2.45) is 0 Å². The lowest BCUT2D eigenvalue weighted by Crippen LogP contribution is -1.82. The second-order valence-corrected chi connectivity index (χ2v) is 5.02. The minimum absolute atomic E-state index is 0.755. The summed E-state index contributed by atoms with van der Waals surface area (Å²) in [6.07, 6.45) is 6.11. The molecule has 0 spiro atoms. The van der Waals surface area contributed by atoms with Gasteiger partial charge in [-0.25, -0.2) is 0 Å². The van der Waals surface area contributed by atoms with Crippen molar-refractivity contribution in [2.75, 3.05) is 0 Å². The minimum atomic E-state index is 0.755. The van der Waals surface area contributed by atoms with Gasteiger partial charge in [-0.05, 0) is 42.8 Å². The van der Waals surface area contributed by atoms with Crippen LogP contribution in [0.2, 0.25) is 5.02 Å². The zero-order valence-corrected chi connectivity index (χ0v) is 11.5. The Bertz CT molecular complexity index is 470. The van der Waals surface area contributed by atoms with E-state index in [4.69, 9.17) is 16.0 Å². The van der Waals surface area contributed by atoms with Gasteiger partial charge in [0.1, 0.15) is 11.5 Å². The molecule has 0 aliphatic rings. The molecule has 96 valence electrons. The molecule has 1 nitrogen and oxygen atoms in total. The van der Waals surface area contributed by atoms with Gasteiger partial charge in [-0.1, -0.05) is 37.8 Å². The lowest BCUT2D eigenvalue weighted by molar-refractivity contribution is 0.505. The molecule has 2 aromatic rings. The fraction of sp³-hybridized carbons (Fsp3) is 0.375. The average Bonchev–Trinajstić information content (AvgIpc) is 2.84. The van der Waals surface area contributed by atoms with E-state index in [1.807, 2.05) is 30.3 Å². The van der Waals surface area contributed by atoms with E-state index in [1.165, 1.54) is 25.7 Å². The Morgan fingerprint density at radius 3 is 2.44 bits per heavy atom. The van der Waals surface area contributed by atoms with Crippen molar-refractivity contribution < 1.29 is 4.42 Å². The molecule has 1 aromatic carbocycles. The maximum Gasteiger partial charge on any atom is 0.134 e. The van der Waals surface area contributed by atoms with Gasteiger partial charge in [0.05, 0.1) is 0 Å². The predicted octanol–water partition coefficient (Wildman–Crippen LogP) is 5.72. The molecule has 0 atom stereocenters. The summed E-state index contributed by atoms with van der Waals surface area (Å²) < 4.78 is 5.85. The van der Waals surface area contributed by atoms with Crippen LogP contribution in [0.3, 0.4) is 0 Å². The maximum atomic E-state index is 5.87. The van der Waals surface area contributed by atoms with Gasteiger partial charge in [-0.15, -0.1) is 0 Å². The maximum absolute atomic E-state index is 5.87. The molecular formula is C16H19ClO. The van der Waals surface area contributed by atoms with E-state index in [2.05, 4.69) is 13.0 Å². The Balaban J connectivity index is 1.95. The molecule has 18 heavy (non-hydrogen) atoms. The highest BCUT2D eigenvalue weighted by molar-refractivity contribution is 6.30. The molecule has 0 unspecified atom stereocenters. The summed E-state index contributed by atoms with van der Waals surface area (Å²) in [5.74, 6) is 2.01. The normalized spacial score (nSPS) is 10.8. The monoisotopic (exact) mass is 262 g/mol. The quantitative estimate of drug-likeness (QED) is 0.607. The first kappa shape index (κ1) is 13.2. The Morgan fingerprint density at radius 1 is 0.944 bits per heavy atom. The van der Waals surface area contributed by atoms with Crippen molar-refractivity contribution in [1.82, 2.24) is 0 Å².